The highest BCUT2D eigenvalue weighted by Crippen LogP contribution is 2.28. The molecule has 1 aliphatic rings. The Morgan fingerprint density at radius 1 is 1.38 bits per heavy atom. The zero-order valence-electron chi connectivity index (χ0n) is 13.0. The van der Waals surface area contributed by atoms with Gasteiger partial charge in [-0.05, 0) is 31.4 Å². The second kappa shape index (κ2) is 8.03. The standard InChI is InChI=1S/C17H26N2O2/c1-3-4-10-21-11-9-18-17(20)15-12-14-7-5-6-8-16(14)19-13(15)2/h5-8,13,15,19H,3-4,9-12H2,1-2H3,(H,18,20). The number of hydrogen-bond donors (Lipinski definition) is 2. The van der Waals surface area contributed by atoms with Gasteiger partial charge in [-0.15, -0.1) is 0 Å². The predicted molar refractivity (Wildman–Crippen MR) is 85.5 cm³/mol. The number of carbonyl (C=O) groups is 1. The van der Waals surface area contributed by atoms with Crippen LogP contribution in [-0.2, 0) is 16.0 Å². The van der Waals surface area contributed by atoms with Gasteiger partial charge in [0.05, 0.1) is 12.5 Å². The molecule has 21 heavy (non-hydrogen) atoms. The average molecular weight is 290 g/mol. The molecule has 116 valence electrons. The fraction of sp³-hybridized carbons (Fsp3) is 0.588. The van der Waals surface area contributed by atoms with Crippen molar-refractivity contribution in [3.05, 3.63) is 29.8 Å². The number of anilines is 1. The smallest absolute Gasteiger partial charge is 0.225 e. The van der Waals surface area contributed by atoms with Crippen molar-refractivity contribution in [2.45, 2.75) is 39.2 Å². The van der Waals surface area contributed by atoms with E-state index in [0.717, 1.165) is 31.6 Å². The predicted octanol–water partition coefficient (Wildman–Crippen LogP) is 2.59. The lowest BCUT2D eigenvalue weighted by Gasteiger charge is -2.31. The first-order valence-electron chi connectivity index (χ1n) is 7.92. The van der Waals surface area contributed by atoms with E-state index < -0.39 is 0 Å². The van der Waals surface area contributed by atoms with Gasteiger partial charge in [-0.1, -0.05) is 31.5 Å². The Balaban J connectivity index is 1.78. The van der Waals surface area contributed by atoms with Gasteiger partial charge < -0.3 is 15.4 Å². The van der Waals surface area contributed by atoms with E-state index in [0.29, 0.717) is 13.2 Å². The zero-order chi connectivity index (χ0) is 15.1. The molecule has 0 saturated heterocycles. The number of carbonyl (C=O) groups excluding carboxylic acids is 1. The van der Waals surface area contributed by atoms with Crippen LogP contribution in [0.4, 0.5) is 5.69 Å². The molecule has 1 aromatic carbocycles. The molecule has 1 aromatic rings. The second-order valence-electron chi connectivity index (χ2n) is 5.66. The van der Waals surface area contributed by atoms with Crippen molar-refractivity contribution in [3.8, 4) is 0 Å². The van der Waals surface area contributed by atoms with Gasteiger partial charge in [-0.25, -0.2) is 0 Å². The number of para-hydroxylation sites is 1. The fourth-order valence-electron chi connectivity index (χ4n) is 2.64. The molecule has 0 radical (unpaired) electrons. The minimum atomic E-state index is -0.0180. The van der Waals surface area contributed by atoms with Crippen molar-refractivity contribution in [1.82, 2.24) is 5.32 Å². The van der Waals surface area contributed by atoms with Gasteiger partial charge in [0, 0.05) is 24.9 Å². The number of ether oxygens (including phenoxy) is 1. The molecule has 2 rings (SSSR count). The number of unbranched alkanes of at least 4 members (excludes halogenated alkanes) is 1. The molecule has 0 saturated carbocycles. The van der Waals surface area contributed by atoms with Gasteiger partial charge in [-0.2, -0.15) is 0 Å². The van der Waals surface area contributed by atoms with Crippen LogP contribution in [0.3, 0.4) is 0 Å². The summed E-state index contributed by atoms with van der Waals surface area (Å²) in [6, 6.07) is 8.35. The summed E-state index contributed by atoms with van der Waals surface area (Å²) >= 11 is 0. The van der Waals surface area contributed by atoms with Crippen LogP contribution < -0.4 is 10.6 Å². The summed E-state index contributed by atoms with van der Waals surface area (Å²) in [6.45, 7) is 6.17. The monoisotopic (exact) mass is 290 g/mol. The third-order valence-corrected chi connectivity index (χ3v) is 3.97. The van der Waals surface area contributed by atoms with E-state index in [4.69, 9.17) is 4.74 Å². The molecule has 4 nitrogen and oxygen atoms in total. The minimum absolute atomic E-state index is 0.0180. The number of benzene rings is 1. The van der Waals surface area contributed by atoms with Gasteiger partial charge >= 0.3 is 0 Å². The SMILES string of the molecule is CCCCOCCNC(=O)C1Cc2ccccc2NC1C. The van der Waals surface area contributed by atoms with Crippen molar-refractivity contribution in [2.24, 2.45) is 5.92 Å². The summed E-state index contributed by atoms with van der Waals surface area (Å²) in [5.41, 5.74) is 2.37. The normalized spacial score (nSPS) is 20.5. The molecule has 0 spiro atoms. The third-order valence-electron chi connectivity index (χ3n) is 3.97. The van der Waals surface area contributed by atoms with E-state index in [1.807, 2.05) is 12.1 Å². The molecule has 0 fully saturated rings. The summed E-state index contributed by atoms with van der Waals surface area (Å²) in [5, 5.41) is 6.40. The molecule has 2 atom stereocenters. The molecule has 1 aliphatic heterocycles. The molecular formula is C17H26N2O2. The average Bonchev–Trinajstić information content (AvgIpc) is 2.49. The first-order chi connectivity index (χ1) is 10.2. The topological polar surface area (TPSA) is 50.4 Å². The van der Waals surface area contributed by atoms with Crippen molar-refractivity contribution in [1.29, 1.82) is 0 Å². The number of amides is 1. The highest BCUT2D eigenvalue weighted by molar-refractivity contribution is 5.81. The second-order valence-corrected chi connectivity index (χ2v) is 5.66. The van der Waals surface area contributed by atoms with Crippen LogP contribution in [0.25, 0.3) is 0 Å². The summed E-state index contributed by atoms with van der Waals surface area (Å²) in [6.07, 6.45) is 3.01. The van der Waals surface area contributed by atoms with Gasteiger partial charge in [0.1, 0.15) is 0 Å². The van der Waals surface area contributed by atoms with Crippen molar-refractivity contribution in [3.63, 3.8) is 0 Å². The number of fused-ring (bicyclic) bond motifs is 1. The fourth-order valence-corrected chi connectivity index (χ4v) is 2.64. The zero-order valence-corrected chi connectivity index (χ0v) is 13.0. The summed E-state index contributed by atoms with van der Waals surface area (Å²) in [7, 11) is 0. The van der Waals surface area contributed by atoms with Crippen LogP contribution in [0.5, 0.6) is 0 Å². The first-order valence-corrected chi connectivity index (χ1v) is 7.92. The van der Waals surface area contributed by atoms with Gasteiger partial charge in [0.25, 0.3) is 0 Å². The van der Waals surface area contributed by atoms with E-state index in [9.17, 15) is 4.79 Å². The highest BCUT2D eigenvalue weighted by atomic mass is 16.5. The molecule has 0 aromatic heterocycles. The van der Waals surface area contributed by atoms with Crippen LogP contribution >= 0.6 is 0 Å². The Hall–Kier alpha value is -1.55. The number of rotatable bonds is 7. The Labute approximate surface area is 127 Å². The van der Waals surface area contributed by atoms with Crippen LogP contribution in [0.1, 0.15) is 32.3 Å². The van der Waals surface area contributed by atoms with Gasteiger partial charge in [0.2, 0.25) is 5.91 Å². The Morgan fingerprint density at radius 3 is 3.00 bits per heavy atom. The Morgan fingerprint density at radius 2 is 2.19 bits per heavy atom. The molecule has 0 bridgehead atoms. The molecule has 2 unspecified atom stereocenters. The third kappa shape index (κ3) is 4.46. The van der Waals surface area contributed by atoms with E-state index in [1.165, 1.54) is 5.56 Å². The lowest BCUT2D eigenvalue weighted by atomic mass is 9.87. The molecule has 1 heterocycles. The summed E-state index contributed by atoms with van der Waals surface area (Å²) in [5.74, 6) is 0.0964. The lowest BCUT2D eigenvalue weighted by Crippen LogP contribution is -2.44. The molecule has 2 N–H and O–H groups in total. The minimum Gasteiger partial charge on any atom is -0.382 e. The summed E-state index contributed by atoms with van der Waals surface area (Å²) < 4.78 is 5.46. The van der Waals surface area contributed by atoms with Crippen LogP contribution in [-0.4, -0.2) is 31.7 Å². The molecular weight excluding hydrogens is 264 g/mol. The largest absolute Gasteiger partial charge is 0.382 e. The molecule has 4 heteroatoms. The quantitative estimate of drug-likeness (QED) is 0.759. The maximum Gasteiger partial charge on any atom is 0.225 e. The maximum absolute atomic E-state index is 12.3. The molecule has 0 aliphatic carbocycles. The van der Waals surface area contributed by atoms with Crippen LogP contribution in [0, 0.1) is 5.92 Å². The number of nitrogens with one attached hydrogen (secondary N) is 2. The van der Waals surface area contributed by atoms with Crippen LogP contribution in [0.15, 0.2) is 24.3 Å². The van der Waals surface area contributed by atoms with E-state index in [-0.39, 0.29) is 17.9 Å². The van der Waals surface area contributed by atoms with Gasteiger partial charge in [-0.3, -0.25) is 4.79 Å². The lowest BCUT2D eigenvalue weighted by molar-refractivity contribution is -0.125. The highest BCUT2D eigenvalue weighted by Gasteiger charge is 2.29. The maximum atomic E-state index is 12.3. The van der Waals surface area contributed by atoms with E-state index >= 15 is 0 Å². The Bertz CT molecular complexity index is 462. The van der Waals surface area contributed by atoms with Gasteiger partial charge in [0.15, 0.2) is 0 Å². The van der Waals surface area contributed by atoms with E-state index in [2.05, 4.69) is 36.6 Å². The Kier molecular flexibility index (Phi) is 6.05. The van der Waals surface area contributed by atoms with Crippen molar-refractivity contribution < 1.29 is 9.53 Å². The van der Waals surface area contributed by atoms with Crippen molar-refractivity contribution in [2.75, 3.05) is 25.1 Å². The molecule has 1 amide bonds. The van der Waals surface area contributed by atoms with Crippen LogP contribution in [0.2, 0.25) is 0 Å². The van der Waals surface area contributed by atoms with E-state index in [1.54, 1.807) is 0 Å². The first kappa shape index (κ1) is 15.8. The number of hydrogen-bond acceptors (Lipinski definition) is 3. The summed E-state index contributed by atoms with van der Waals surface area (Å²) in [4.78, 5) is 12.3. The van der Waals surface area contributed by atoms with Crippen molar-refractivity contribution >= 4 is 11.6 Å².